The molecule has 0 aliphatic heterocycles. The van der Waals surface area contributed by atoms with Crippen molar-refractivity contribution in [2.75, 3.05) is 14.2 Å². The molecule has 0 fully saturated rings. The van der Waals surface area contributed by atoms with Gasteiger partial charge in [-0.25, -0.2) is 4.39 Å². The molecule has 0 saturated carbocycles. The topological polar surface area (TPSA) is 88.3 Å². The van der Waals surface area contributed by atoms with Crippen molar-refractivity contribution >= 4 is 22.8 Å². The number of pyridine rings is 1. The highest BCUT2D eigenvalue weighted by molar-refractivity contribution is 6.08. The van der Waals surface area contributed by atoms with Crippen LogP contribution in [0, 0.1) is 16.6 Å². The van der Waals surface area contributed by atoms with E-state index in [-0.39, 0.29) is 11.5 Å². The number of nitrogens with one attached hydrogen (secondary N) is 2. The molecule has 142 valence electrons. The summed E-state index contributed by atoms with van der Waals surface area (Å²) >= 11 is 0. The number of methoxy groups -OCH3 is 2. The van der Waals surface area contributed by atoms with Gasteiger partial charge >= 0.3 is 0 Å². The van der Waals surface area contributed by atoms with Crippen LogP contribution in [0.2, 0.25) is 0 Å². The minimum atomic E-state index is -0.601. The first-order chi connectivity index (χ1) is 13.6. The molecule has 0 radical (unpaired) electrons. The van der Waals surface area contributed by atoms with Crippen LogP contribution in [0.4, 0.5) is 4.39 Å². The molecule has 3 aromatic rings. The molecular formula is C21H18FN3O3. The van der Waals surface area contributed by atoms with Gasteiger partial charge < -0.3 is 25.0 Å². The van der Waals surface area contributed by atoms with Crippen LogP contribution in [0.5, 0.6) is 23.0 Å². The van der Waals surface area contributed by atoms with Crippen molar-refractivity contribution < 1.29 is 18.6 Å². The molecule has 0 bridgehead atoms. The van der Waals surface area contributed by atoms with Crippen LogP contribution in [0.3, 0.4) is 0 Å². The molecule has 1 aromatic heterocycles. The maximum Gasteiger partial charge on any atom is 0.166 e. The van der Waals surface area contributed by atoms with Gasteiger partial charge in [-0.2, -0.15) is 0 Å². The average Bonchev–Trinajstić information content (AvgIpc) is 2.72. The molecule has 28 heavy (non-hydrogen) atoms. The Morgan fingerprint density at radius 1 is 1.00 bits per heavy atom. The van der Waals surface area contributed by atoms with Gasteiger partial charge in [0.15, 0.2) is 23.1 Å². The molecule has 7 heteroatoms. The Balaban J connectivity index is 1.97. The summed E-state index contributed by atoms with van der Waals surface area (Å²) in [6.07, 6.45) is 5.43. The predicted octanol–water partition coefficient (Wildman–Crippen LogP) is 4.76. The highest BCUT2D eigenvalue weighted by atomic mass is 19.1. The normalized spacial score (nSPS) is 10.8. The number of aromatic nitrogens is 1. The van der Waals surface area contributed by atoms with Crippen LogP contribution in [-0.2, 0) is 0 Å². The molecule has 2 N–H and O–H groups in total. The fraction of sp³-hybridized carbons (Fsp3) is 0.0952. The fourth-order valence-electron chi connectivity index (χ4n) is 2.65. The Bertz CT molecular complexity index is 1080. The van der Waals surface area contributed by atoms with Crippen molar-refractivity contribution in [1.82, 2.24) is 4.98 Å². The molecule has 0 spiro atoms. The quantitative estimate of drug-likeness (QED) is 0.580. The first-order valence-corrected chi connectivity index (χ1v) is 8.31. The van der Waals surface area contributed by atoms with Crippen molar-refractivity contribution in [2.45, 2.75) is 0 Å². The van der Waals surface area contributed by atoms with Gasteiger partial charge in [-0.3, -0.25) is 4.98 Å². The Morgan fingerprint density at radius 3 is 2.43 bits per heavy atom. The van der Waals surface area contributed by atoms with Gasteiger partial charge in [0.2, 0.25) is 0 Å². The molecule has 0 aliphatic rings. The van der Waals surface area contributed by atoms with E-state index in [1.54, 1.807) is 30.5 Å². The summed E-state index contributed by atoms with van der Waals surface area (Å²) in [7, 11) is 3.07. The van der Waals surface area contributed by atoms with Crippen LogP contribution in [0.1, 0.15) is 5.56 Å². The lowest BCUT2D eigenvalue weighted by molar-refractivity contribution is 0.355. The Morgan fingerprint density at radius 2 is 1.75 bits per heavy atom. The number of rotatable bonds is 7. The lowest BCUT2D eigenvalue weighted by atomic mass is 10.1. The molecule has 0 aliphatic carbocycles. The molecule has 6 nitrogen and oxygen atoms in total. The number of hydrogen-bond acceptors (Lipinski definition) is 6. The van der Waals surface area contributed by atoms with Crippen LogP contribution < -0.4 is 14.2 Å². The number of allylic oxidation sites excluding steroid dienone is 2. The second-order valence-electron chi connectivity index (χ2n) is 5.72. The molecule has 0 saturated heterocycles. The summed E-state index contributed by atoms with van der Waals surface area (Å²) in [5, 5.41) is 15.5. The number of hydrogen-bond donors (Lipinski definition) is 2. The van der Waals surface area contributed by atoms with Crippen molar-refractivity contribution in [3.63, 3.8) is 0 Å². The number of halogens is 1. The molecule has 1 heterocycles. The second-order valence-corrected chi connectivity index (χ2v) is 5.72. The van der Waals surface area contributed by atoms with Crippen molar-refractivity contribution in [1.29, 1.82) is 10.8 Å². The summed E-state index contributed by atoms with van der Waals surface area (Å²) in [6.45, 7) is 0. The molecule has 0 amide bonds. The van der Waals surface area contributed by atoms with E-state index in [0.29, 0.717) is 33.7 Å². The molecule has 0 unspecified atom stereocenters. The standard InChI is InChI=1S/C21H18FN3O3/c1-26-20-11-14-17(12-21(20)27-2)25-9-7-18(14)28-19-6-5-13(10-15(19)22)16(24)4-3-8-23/h3-12,23-24H,1-2H3/b4-3-,23-8?,24-16?. The van der Waals surface area contributed by atoms with Crippen molar-refractivity contribution in [3.05, 3.63) is 66.1 Å². The molecular weight excluding hydrogens is 361 g/mol. The van der Waals surface area contributed by atoms with Crippen molar-refractivity contribution in [3.8, 4) is 23.0 Å². The van der Waals surface area contributed by atoms with Crippen LogP contribution in [-0.4, -0.2) is 31.1 Å². The van der Waals surface area contributed by atoms with Gasteiger partial charge in [-0.1, -0.05) is 0 Å². The maximum atomic E-state index is 14.5. The SMILES string of the molecule is COc1cc2nccc(Oc3ccc(C(=N)/C=C\C=N)cc3F)c2cc1OC. The fourth-order valence-corrected chi connectivity index (χ4v) is 2.65. The Labute approximate surface area is 161 Å². The summed E-state index contributed by atoms with van der Waals surface area (Å²) in [6, 6.07) is 9.35. The number of benzene rings is 2. The number of fused-ring (bicyclic) bond motifs is 1. The maximum absolute atomic E-state index is 14.5. The lowest BCUT2D eigenvalue weighted by Gasteiger charge is -2.13. The summed E-state index contributed by atoms with van der Waals surface area (Å²) in [4.78, 5) is 4.29. The van der Waals surface area contributed by atoms with Gasteiger partial charge in [-0.15, -0.1) is 0 Å². The third kappa shape index (κ3) is 3.83. The minimum Gasteiger partial charge on any atom is -0.493 e. The van der Waals surface area contributed by atoms with E-state index in [0.717, 1.165) is 6.21 Å². The van der Waals surface area contributed by atoms with E-state index in [1.165, 1.54) is 38.5 Å². The van der Waals surface area contributed by atoms with E-state index in [1.807, 2.05) is 0 Å². The Hall–Kier alpha value is -3.74. The highest BCUT2D eigenvalue weighted by Gasteiger charge is 2.13. The largest absolute Gasteiger partial charge is 0.493 e. The summed E-state index contributed by atoms with van der Waals surface area (Å²) < 4.78 is 30.9. The Kier molecular flexibility index (Phi) is 5.64. The van der Waals surface area contributed by atoms with E-state index < -0.39 is 5.82 Å². The first-order valence-electron chi connectivity index (χ1n) is 8.31. The zero-order chi connectivity index (χ0) is 20.1. The smallest absolute Gasteiger partial charge is 0.166 e. The average molecular weight is 379 g/mol. The second kappa shape index (κ2) is 8.30. The zero-order valence-corrected chi connectivity index (χ0v) is 15.3. The zero-order valence-electron chi connectivity index (χ0n) is 15.3. The number of nitrogens with zero attached hydrogens (tertiary/aromatic N) is 1. The summed E-state index contributed by atoms with van der Waals surface area (Å²) in [5.74, 6) is 0.879. The third-order valence-electron chi connectivity index (χ3n) is 4.03. The van der Waals surface area contributed by atoms with Crippen molar-refractivity contribution in [2.24, 2.45) is 0 Å². The lowest BCUT2D eigenvalue weighted by Crippen LogP contribution is -1.98. The highest BCUT2D eigenvalue weighted by Crippen LogP contribution is 2.37. The monoisotopic (exact) mass is 379 g/mol. The van der Waals surface area contributed by atoms with Crippen LogP contribution in [0.15, 0.2) is 54.7 Å². The molecule has 3 rings (SSSR count). The van der Waals surface area contributed by atoms with E-state index in [9.17, 15) is 4.39 Å². The van der Waals surface area contributed by atoms with Crippen LogP contribution >= 0.6 is 0 Å². The van der Waals surface area contributed by atoms with Gasteiger partial charge in [0.05, 0.1) is 25.4 Å². The predicted molar refractivity (Wildman–Crippen MR) is 106 cm³/mol. The number of ether oxygens (including phenoxy) is 3. The van der Waals surface area contributed by atoms with Gasteiger partial charge in [-0.05, 0) is 42.5 Å². The van der Waals surface area contributed by atoms with E-state index in [2.05, 4.69) is 4.98 Å². The van der Waals surface area contributed by atoms with Crippen LogP contribution in [0.25, 0.3) is 10.9 Å². The van der Waals surface area contributed by atoms with Gasteiger partial charge in [0.25, 0.3) is 0 Å². The summed E-state index contributed by atoms with van der Waals surface area (Å²) in [5.41, 5.74) is 1.10. The minimum absolute atomic E-state index is 0.0230. The van der Waals surface area contributed by atoms with Gasteiger partial charge in [0.1, 0.15) is 5.75 Å². The van der Waals surface area contributed by atoms with E-state index in [4.69, 9.17) is 25.0 Å². The first kappa shape index (κ1) is 19.0. The van der Waals surface area contributed by atoms with Gasteiger partial charge in [0, 0.05) is 29.4 Å². The van der Waals surface area contributed by atoms with E-state index >= 15 is 0 Å². The molecule has 0 atom stereocenters. The third-order valence-corrected chi connectivity index (χ3v) is 4.03. The molecule has 2 aromatic carbocycles.